The molecule has 2 heterocycles. The number of ether oxygens (including phenoxy) is 3. The van der Waals surface area contributed by atoms with Gasteiger partial charge in [-0.25, -0.2) is 9.59 Å². The minimum absolute atomic E-state index is 0.225. The molecule has 0 saturated carbocycles. The molecule has 2 N–H and O–H groups in total. The lowest BCUT2D eigenvalue weighted by atomic mass is 9.96. The van der Waals surface area contributed by atoms with E-state index in [2.05, 4.69) is 0 Å². The topological polar surface area (TPSA) is 108 Å². The van der Waals surface area contributed by atoms with Gasteiger partial charge in [-0.05, 0) is 27.7 Å². The average molecular weight is 346 g/mol. The van der Waals surface area contributed by atoms with Crippen LogP contribution in [-0.2, 0) is 23.8 Å². The van der Waals surface area contributed by atoms with Crippen molar-refractivity contribution in [3.63, 3.8) is 0 Å². The fourth-order valence-electron chi connectivity index (χ4n) is 2.63. The van der Waals surface area contributed by atoms with E-state index in [1.165, 1.54) is 23.6 Å². The molecular weight excluding hydrogens is 324 g/mol. The zero-order valence-corrected chi connectivity index (χ0v) is 14.6. The number of β-lactam (4-membered cyclic amide) rings is 1. The van der Waals surface area contributed by atoms with Gasteiger partial charge in [0.15, 0.2) is 0 Å². The molecule has 4 atom stereocenters. The lowest BCUT2D eigenvalue weighted by Gasteiger charge is -2.42. The monoisotopic (exact) mass is 346 g/mol. The van der Waals surface area contributed by atoms with Crippen LogP contribution in [0.1, 0.15) is 34.6 Å². The molecular formula is C14H22N2O6S. The van der Waals surface area contributed by atoms with E-state index in [0.717, 1.165) is 0 Å². The van der Waals surface area contributed by atoms with Crippen LogP contribution < -0.4 is 5.73 Å². The molecule has 2 saturated heterocycles. The van der Waals surface area contributed by atoms with Crippen molar-refractivity contribution in [2.45, 2.75) is 69.2 Å². The predicted molar refractivity (Wildman–Crippen MR) is 82.3 cm³/mol. The third-order valence-electron chi connectivity index (χ3n) is 3.58. The molecule has 0 aromatic rings. The minimum Gasteiger partial charge on any atom is -0.431 e. The van der Waals surface area contributed by atoms with E-state index in [-0.39, 0.29) is 17.4 Å². The second-order valence-corrected chi connectivity index (χ2v) is 8.10. The molecule has 2 rings (SSSR count). The zero-order valence-electron chi connectivity index (χ0n) is 13.8. The van der Waals surface area contributed by atoms with Gasteiger partial charge in [-0.2, -0.15) is 0 Å². The van der Waals surface area contributed by atoms with E-state index in [1.807, 2.05) is 13.8 Å². The highest BCUT2D eigenvalue weighted by atomic mass is 32.2. The van der Waals surface area contributed by atoms with Gasteiger partial charge in [-0.1, -0.05) is 0 Å². The highest BCUT2D eigenvalue weighted by Gasteiger charge is 2.63. The van der Waals surface area contributed by atoms with Gasteiger partial charge < -0.3 is 24.8 Å². The number of carbonyl (C=O) groups is 3. The van der Waals surface area contributed by atoms with Gasteiger partial charge in [-0.15, -0.1) is 11.8 Å². The molecule has 8 nitrogen and oxygen atoms in total. The van der Waals surface area contributed by atoms with Gasteiger partial charge in [0.2, 0.25) is 12.2 Å². The normalized spacial score (nSPS) is 29.6. The highest BCUT2D eigenvalue weighted by molar-refractivity contribution is 8.01. The first kappa shape index (κ1) is 17.9. The maximum atomic E-state index is 12.4. The van der Waals surface area contributed by atoms with Gasteiger partial charge >= 0.3 is 12.1 Å². The number of amides is 1. The molecule has 0 aliphatic carbocycles. The van der Waals surface area contributed by atoms with Crippen LogP contribution in [0.5, 0.6) is 0 Å². The molecule has 2 fully saturated rings. The van der Waals surface area contributed by atoms with Crippen LogP contribution in [0.15, 0.2) is 0 Å². The van der Waals surface area contributed by atoms with Gasteiger partial charge in [0, 0.05) is 11.7 Å². The molecule has 23 heavy (non-hydrogen) atoms. The van der Waals surface area contributed by atoms with Crippen LogP contribution in [0.25, 0.3) is 0 Å². The molecule has 2 unspecified atom stereocenters. The molecule has 9 heteroatoms. The summed E-state index contributed by atoms with van der Waals surface area (Å²) in [5.41, 5.74) is 5.75. The van der Waals surface area contributed by atoms with E-state index in [1.54, 1.807) is 13.8 Å². The van der Waals surface area contributed by atoms with Crippen LogP contribution in [0, 0.1) is 0 Å². The first-order chi connectivity index (χ1) is 10.5. The van der Waals surface area contributed by atoms with Gasteiger partial charge in [-0.3, -0.25) is 4.79 Å². The maximum absolute atomic E-state index is 12.4. The maximum Gasteiger partial charge on any atom is 0.511 e. The Hall–Kier alpha value is -1.48. The van der Waals surface area contributed by atoms with Gasteiger partial charge in [0.25, 0.3) is 0 Å². The molecule has 1 amide bonds. The van der Waals surface area contributed by atoms with Gasteiger partial charge in [0.05, 0.1) is 6.10 Å². The molecule has 0 bridgehead atoms. The smallest absolute Gasteiger partial charge is 0.431 e. The van der Waals surface area contributed by atoms with Crippen LogP contribution in [-0.4, -0.2) is 57.5 Å². The second kappa shape index (κ2) is 6.20. The summed E-state index contributed by atoms with van der Waals surface area (Å²) in [6.45, 7) is 8.46. The summed E-state index contributed by atoms with van der Waals surface area (Å²) in [7, 11) is 0. The van der Waals surface area contributed by atoms with E-state index in [0.29, 0.717) is 0 Å². The summed E-state index contributed by atoms with van der Waals surface area (Å²) < 4.78 is 14.3. The van der Waals surface area contributed by atoms with E-state index in [9.17, 15) is 14.4 Å². The summed E-state index contributed by atoms with van der Waals surface area (Å²) in [5.74, 6) is -0.905. The average Bonchev–Trinajstić information content (AvgIpc) is 2.65. The minimum atomic E-state index is -1.11. The van der Waals surface area contributed by atoms with Crippen LogP contribution >= 0.6 is 11.8 Å². The van der Waals surface area contributed by atoms with Crippen molar-refractivity contribution >= 4 is 29.8 Å². The molecule has 2 aliphatic rings. The lowest BCUT2D eigenvalue weighted by Crippen LogP contribution is -2.69. The van der Waals surface area contributed by atoms with E-state index < -0.39 is 35.2 Å². The largest absolute Gasteiger partial charge is 0.511 e. The Kier molecular flexibility index (Phi) is 4.81. The number of rotatable bonds is 4. The van der Waals surface area contributed by atoms with Crippen molar-refractivity contribution in [1.29, 1.82) is 0 Å². The van der Waals surface area contributed by atoms with E-state index >= 15 is 0 Å². The summed E-state index contributed by atoms with van der Waals surface area (Å²) in [6.07, 6.45) is -2.37. The zero-order chi connectivity index (χ0) is 17.5. The molecule has 0 spiro atoms. The summed E-state index contributed by atoms with van der Waals surface area (Å²) in [6, 6.07) is -1.36. The molecule has 130 valence electrons. The Morgan fingerprint density at radius 3 is 2.39 bits per heavy atom. The van der Waals surface area contributed by atoms with Crippen LogP contribution in [0.3, 0.4) is 0 Å². The molecule has 0 aromatic carbocycles. The molecule has 2 aliphatic heterocycles. The molecule has 0 aromatic heterocycles. The number of hydrogen-bond donors (Lipinski definition) is 1. The Balaban J connectivity index is 1.97. The number of esters is 1. The van der Waals surface area contributed by atoms with Gasteiger partial charge in [0.1, 0.15) is 17.5 Å². The van der Waals surface area contributed by atoms with Crippen molar-refractivity contribution in [3.8, 4) is 0 Å². The number of thioether (sulfide) groups is 1. The van der Waals surface area contributed by atoms with Crippen LogP contribution in [0.2, 0.25) is 0 Å². The fraction of sp³-hybridized carbons (Fsp3) is 0.786. The van der Waals surface area contributed by atoms with Crippen LogP contribution in [0.4, 0.5) is 4.79 Å². The van der Waals surface area contributed by atoms with E-state index in [4.69, 9.17) is 19.9 Å². The Morgan fingerprint density at radius 1 is 1.22 bits per heavy atom. The first-order valence-electron chi connectivity index (χ1n) is 7.38. The molecule has 0 radical (unpaired) electrons. The summed E-state index contributed by atoms with van der Waals surface area (Å²) in [5, 5.41) is -0.225. The Morgan fingerprint density at radius 2 is 1.83 bits per heavy atom. The van der Waals surface area contributed by atoms with Crippen molar-refractivity contribution < 1.29 is 28.6 Å². The third-order valence-corrected chi connectivity index (χ3v) is 5.17. The quantitative estimate of drug-likeness (QED) is 0.453. The number of carbonyl (C=O) groups excluding carboxylic acids is 3. The Bertz CT molecular complexity index is 523. The number of nitrogens with zero attached hydrogens (tertiary/aromatic N) is 1. The Labute approximate surface area is 139 Å². The third kappa shape index (κ3) is 3.40. The number of fused-ring (bicyclic) bond motifs is 1. The van der Waals surface area contributed by atoms with Crippen molar-refractivity contribution in [1.82, 2.24) is 4.90 Å². The predicted octanol–water partition coefficient (Wildman–Crippen LogP) is 0.827. The summed E-state index contributed by atoms with van der Waals surface area (Å²) >= 11 is 1.46. The number of nitrogens with two attached hydrogens (primary N) is 1. The van der Waals surface area contributed by atoms with Crippen molar-refractivity contribution in [2.75, 3.05) is 0 Å². The second-order valence-electron chi connectivity index (χ2n) is 6.32. The first-order valence-corrected chi connectivity index (χ1v) is 8.26. The number of hydrogen-bond acceptors (Lipinski definition) is 8. The van der Waals surface area contributed by atoms with Crippen molar-refractivity contribution in [3.05, 3.63) is 0 Å². The standard InChI is InChI=1S/C14H22N2O6S/c1-6(2)20-13(19)22-7(3)21-12(18)9-14(4,5)23-11-8(15)10(17)16(9)11/h6-9,11H,15H2,1-5H3/t7?,8?,9-,11+/m0/s1. The highest BCUT2D eigenvalue weighted by Crippen LogP contribution is 2.50. The SMILES string of the molecule is CC(C)OC(=O)OC(C)OC(=O)[C@@H]1N2C(=O)C(N)[C@H]2SC1(C)C. The lowest BCUT2D eigenvalue weighted by molar-refractivity contribution is -0.180. The summed E-state index contributed by atoms with van der Waals surface area (Å²) in [4.78, 5) is 37.2. The van der Waals surface area contributed by atoms with Crippen molar-refractivity contribution in [2.24, 2.45) is 5.73 Å². The fourth-order valence-corrected chi connectivity index (χ4v) is 4.19.